The molecule has 1 fully saturated rings. The van der Waals surface area contributed by atoms with E-state index in [4.69, 9.17) is 15.7 Å². The van der Waals surface area contributed by atoms with Crippen LogP contribution in [0.25, 0.3) is 0 Å². The average Bonchev–Trinajstić information content (AvgIpc) is 3.18. The second kappa shape index (κ2) is 11.0. The zero-order chi connectivity index (χ0) is 22.9. The van der Waals surface area contributed by atoms with Crippen LogP contribution in [0, 0.1) is 21.4 Å². The van der Waals surface area contributed by atoms with Crippen LogP contribution < -0.4 is 16.0 Å². The van der Waals surface area contributed by atoms with Crippen molar-refractivity contribution in [3.8, 4) is 6.07 Å². The highest BCUT2D eigenvalue weighted by atomic mass is 16.6. The molecule has 0 saturated carbocycles. The fourth-order valence-electron chi connectivity index (χ4n) is 2.79. The van der Waals surface area contributed by atoms with E-state index in [1.807, 2.05) is 6.07 Å². The van der Waals surface area contributed by atoms with Gasteiger partial charge in [0.1, 0.15) is 17.7 Å². The zero-order valence-corrected chi connectivity index (χ0v) is 17.8. The molecule has 10 heteroatoms. The Balaban J connectivity index is 0.000000304. The van der Waals surface area contributed by atoms with Gasteiger partial charge >= 0.3 is 6.09 Å². The van der Waals surface area contributed by atoms with E-state index in [1.165, 1.54) is 12.1 Å². The van der Waals surface area contributed by atoms with E-state index in [0.29, 0.717) is 12.0 Å². The van der Waals surface area contributed by atoms with Crippen molar-refractivity contribution in [3.05, 3.63) is 33.9 Å². The van der Waals surface area contributed by atoms with Gasteiger partial charge in [0.2, 0.25) is 5.91 Å². The summed E-state index contributed by atoms with van der Waals surface area (Å²) < 4.78 is 4.96. The Morgan fingerprint density at radius 3 is 2.40 bits per heavy atom. The van der Waals surface area contributed by atoms with Crippen LogP contribution >= 0.6 is 0 Å². The van der Waals surface area contributed by atoms with E-state index in [2.05, 4.69) is 10.2 Å². The van der Waals surface area contributed by atoms with Gasteiger partial charge < -0.3 is 20.7 Å². The minimum absolute atomic E-state index is 0.0282. The molecule has 1 aromatic carbocycles. The Bertz CT molecular complexity index is 807. The number of hydrogen-bond donors (Lipinski definition) is 2. The maximum atomic E-state index is 11.2. The van der Waals surface area contributed by atoms with Crippen LogP contribution in [-0.4, -0.2) is 41.7 Å². The fourth-order valence-corrected chi connectivity index (χ4v) is 2.79. The van der Waals surface area contributed by atoms with E-state index in [9.17, 15) is 19.7 Å². The van der Waals surface area contributed by atoms with Crippen LogP contribution in [0.2, 0.25) is 0 Å². The maximum Gasteiger partial charge on any atom is 0.408 e. The highest BCUT2D eigenvalue weighted by Gasteiger charge is 2.21. The summed E-state index contributed by atoms with van der Waals surface area (Å²) in [7, 11) is 0. The Morgan fingerprint density at radius 1 is 1.37 bits per heavy atom. The van der Waals surface area contributed by atoms with Gasteiger partial charge in [-0.3, -0.25) is 14.9 Å². The van der Waals surface area contributed by atoms with Crippen molar-refractivity contribution >= 4 is 23.4 Å². The molecule has 30 heavy (non-hydrogen) atoms. The summed E-state index contributed by atoms with van der Waals surface area (Å²) in [6, 6.07) is 5.82. The highest BCUT2D eigenvalue weighted by molar-refractivity contribution is 5.84. The highest BCUT2D eigenvalue weighted by Crippen LogP contribution is 2.27. The van der Waals surface area contributed by atoms with Gasteiger partial charge in [-0.1, -0.05) is 6.92 Å². The van der Waals surface area contributed by atoms with Gasteiger partial charge in [0, 0.05) is 25.2 Å². The number of alkyl carbamates (subject to hydrolysis) is 1. The first-order valence-electron chi connectivity index (χ1n) is 9.70. The third-order valence-corrected chi connectivity index (χ3v) is 4.20. The Kier molecular flexibility index (Phi) is 9.05. The molecule has 1 aliphatic rings. The Labute approximate surface area is 176 Å². The molecule has 0 bridgehead atoms. The smallest absolute Gasteiger partial charge is 0.408 e. The lowest BCUT2D eigenvalue weighted by Crippen LogP contribution is -2.45. The first-order valence-corrected chi connectivity index (χ1v) is 9.70. The number of anilines is 1. The standard InChI is InChI=1S/C11H11N3O2.C9H18N2O3/c12-8-9-7-10(14(15)16)3-4-11(9)13-5-1-2-6-13;1-5-6(7(10)12)11-8(13)14-9(2,3)4/h3-4,7H,1-2,5-6H2;6H,5H2,1-4H3,(H2,10,12)(H,11,13)/t;6-/m.0/s1. The third kappa shape index (κ3) is 7.95. The van der Waals surface area contributed by atoms with Gasteiger partial charge in [-0.2, -0.15) is 5.26 Å². The molecule has 10 nitrogen and oxygen atoms in total. The van der Waals surface area contributed by atoms with Crippen molar-refractivity contribution in [1.82, 2.24) is 5.32 Å². The summed E-state index contributed by atoms with van der Waals surface area (Å²) >= 11 is 0. The number of nitrogens with two attached hydrogens (primary N) is 1. The molecule has 0 radical (unpaired) electrons. The predicted molar refractivity (Wildman–Crippen MR) is 112 cm³/mol. The van der Waals surface area contributed by atoms with Crippen LogP contribution in [0.3, 0.4) is 0 Å². The predicted octanol–water partition coefficient (Wildman–Crippen LogP) is 2.84. The number of non-ortho nitro benzene ring substituents is 1. The van der Waals surface area contributed by atoms with Crippen LogP contribution in [0.4, 0.5) is 16.2 Å². The molecule has 1 atom stereocenters. The second-order valence-electron chi connectivity index (χ2n) is 7.77. The lowest BCUT2D eigenvalue weighted by molar-refractivity contribution is -0.384. The van der Waals surface area contributed by atoms with Gasteiger partial charge in [-0.25, -0.2) is 4.79 Å². The lowest BCUT2D eigenvalue weighted by Gasteiger charge is -2.21. The monoisotopic (exact) mass is 419 g/mol. The number of carbonyl (C=O) groups excluding carboxylic acids is 2. The van der Waals surface area contributed by atoms with Crippen molar-refractivity contribution in [2.45, 2.75) is 58.6 Å². The molecule has 0 unspecified atom stereocenters. The van der Waals surface area contributed by atoms with Crippen LogP contribution in [0.1, 0.15) is 52.5 Å². The number of nitro benzene ring substituents is 1. The molecule has 1 saturated heterocycles. The molecule has 1 aliphatic heterocycles. The molecule has 0 aliphatic carbocycles. The number of primary amides is 1. The normalized spacial score (nSPS) is 14.0. The summed E-state index contributed by atoms with van der Waals surface area (Å²) in [5.41, 5.74) is 5.65. The second-order valence-corrected chi connectivity index (χ2v) is 7.77. The van der Waals surface area contributed by atoms with Gasteiger partial charge in [0.05, 0.1) is 16.2 Å². The summed E-state index contributed by atoms with van der Waals surface area (Å²) in [4.78, 5) is 34.2. The van der Waals surface area contributed by atoms with Crippen LogP contribution in [-0.2, 0) is 9.53 Å². The molecule has 0 aromatic heterocycles. The number of benzene rings is 1. The van der Waals surface area contributed by atoms with E-state index >= 15 is 0 Å². The molecular weight excluding hydrogens is 390 g/mol. The van der Waals surface area contributed by atoms with Crippen molar-refractivity contribution in [1.29, 1.82) is 5.26 Å². The van der Waals surface area contributed by atoms with E-state index < -0.39 is 28.6 Å². The van der Waals surface area contributed by atoms with Gasteiger partial charge in [-0.15, -0.1) is 0 Å². The quantitative estimate of drug-likeness (QED) is 0.550. The first kappa shape index (κ1) is 24.7. The number of nitrogens with zero attached hydrogens (tertiary/aromatic N) is 3. The number of nitro groups is 1. The summed E-state index contributed by atoms with van der Waals surface area (Å²) in [5, 5.41) is 22.0. The molecular formula is C20H29N5O5. The zero-order valence-electron chi connectivity index (χ0n) is 17.8. The van der Waals surface area contributed by atoms with Gasteiger partial charge in [-0.05, 0) is 46.1 Å². The minimum atomic E-state index is -0.662. The summed E-state index contributed by atoms with van der Waals surface area (Å²) in [5.74, 6) is -0.557. The SMILES string of the molecule is CC[C@H](NC(=O)OC(C)(C)C)C(N)=O.N#Cc1cc([N+](=O)[O-])ccc1N1CCCC1. The molecule has 1 heterocycles. The number of hydrogen-bond acceptors (Lipinski definition) is 7. The lowest BCUT2D eigenvalue weighted by atomic mass is 10.1. The van der Waals surface area contributed by atoms with E-state index in [-0.39, 0.29) is 5.69 Å². The first-order chi connectivity index (χ1) is 14.0. The number of rotatable bonds is 5. The van der Waals surface area contributed by atoms with Crippen molar-refractivity contribution < 1.29 is 19.2 Å². The maximum absolute atomic E-state index is 11.2. The Hall–Kier alpha value is -3.35. The van der Waals surface area contributed by atoms with E-state index in [0.717, 1.165) is 31.6 Å². The summed E-state index contributed by atoms with van der Waals surface area (Å²) in [6.07, 6.45) is 2.06. The summed E-state index contributed by atoms with van der Waals surface area (Å²) in [6.45, 7) is 8.85. The average molecular weight is 419 g/mol. The molecule has 0 spiro atoms. The van der Waals surface area contributed by atoms with Gasteiger partial charge in [0.15, 0.2) is 0 Å². The molecule has 1 aromatic rings. The third-order valence-electron chi connectivity index (χ3n) is 4.20. The molecule has 3 N–H and O–H groups in total. The fraction of sp³-hybridized carbons (Fsp3) is 0.550. The topological polar surface area (TPSA) is 152 Å². The minimum Gasteiger partial charge on any atom is -0.444 e. The van der Waals surface area contributed by atoms with E-state index in [1.54, 1.807) is 33.8 Å². The number of ether oxygens (including phenoxy) is 1. The Morgan fingerprint density at radius 2 is 1.97 bits per heavy atom. The van der Waals surface area contributed by atoms with Gasteiger partial charge in [0.25, 0.3) is 5.69 Å². The number of nitriles is 1. The van der Waals surface area contributed by atoms with Crippen molar-refractivity contribution in [3.63, 3.8) is 0 Å². The molecule has 2 amide bonds. The molecule has 164 valence electrons. The van der Waals surface area contributed by atoms with Crippen LogP contribution in [0.5, 0.6) is 0 Å². The largest absolute Gasteiger partial charge is 0.444 e. The van der Waals surface area contributed by atoms with Crippen LogP contribution in [0.15, 0.2) is 18.2 Å². The van der Waals surface area contributed by atoms with Crippen molar-refractivity contribution in [2.75, 3.05) is 18.0 Å². The number of carbonyl (C=O) groups is 2. The van der Waals surface area contributed by atoms with Crippen molar-refractivity contribution in [2.24, 2.45) is 5.73 Å². The molecule has 2 rings (SSSR count). The number of nitrogens with one attached hydrogen (secondary N) is 1. The number of amides is 2.